The highest BCUT2D eigenvalue weighted by Crippen LogP contribution is 2.08. The second-order valence-corrected chi connectivity index (χ2v) is 7.27. The number of hydrogen-bond donors (Lipinski definition) is 0. The van der Waals surface area contributed by atoms with Gasteiger partial charge in [-0.2, -0.15) is 0 Å². The van der Waals surface area contributed by atoms with E-state index in [1.165, 1.54) is 4.90 Å². The minimum atomic E-state index is -0.490. The topological polar surface area (TPSA) is 75.7 Å². The second kappa shape index (κ2) is 16.1. The Balaban J connectivity index is 3.28. The smallest absolute Gasteiger partial charge is 0.410 e. The third-order valence-corrected chi connectivity index (χ3v) is 3.07. The van der Waals surface area contributed by atoms with Crippen molar-refractivity contribution in [3.8, 4) is 0 Å². The molecule has 0 fully saturated rings. The van der Waals surface area contributed by atoms with Crippen molar-refractivity contribution in [2.24, 2.45) is 0 Å². The molecule has 27 heavy (non-hydrogen) atoms. The van der Waals surface area contributed by atoms with Crippen molar-refractivity contribution in [1.29, 1.82) is 0 Å². The normalized spacial score (nSPS) is 11.8. The Morgan fingerprint density at radius 1 is 0.778 bits per heavy atom. The molecule has 0 aromatic rings. The minimum Gasteiger partial charge on any atom is -0.444 e. The molecule has 8 heteroatoms. The zero-order chi connectivity index (χ0) is 20.5. The molecule has 0 spiro atoms. The van der Waals surface area contributed by atoms with Crippen molar-refractivity contribution >= 4 is 6.09 Å². The number of rotatable bonds is 16. The predicted molar refractivity (Wildman–Crippen MR) is 103 cm³/mol. The van der Waals surface area contributed by atoms with Crippen molar-refractivity contribution in [3.63, 3.8) is 0 Å². The fourth-order valence-corrected chi connectivity index (χ4v) is 1.74. The van der Waals surface area contributed by atoms with E-state index in [-0.39, 0.29) is 12.2 Å². The molecule has 0 saturated heterocycles. The summed E-state index contributed by atoms with van der Waals surface area (Å²) in [5.41, 5.74) is -0.490. The lowest BCUT2D eigenvalue weighted by molar-refractivity contribution is -0.0187. The number of likely N-dealkylation sites (N-methyl/N-ethyl adjacent to an activating group) is 1. The van der Waals surface area contributed by atoms with Gasteiger partial charge in [-0.05, 0) is 34.6 Å². The maximum Gasteiger partial charge on any atom is 0.410 e. The second-order valence-electron chi connectivity index (χ2n) is 7.27. The van der Waals surface area contributed by atoms with Crippen molar-refractivity contribution in [2.75, 3.05) is 73.1 Å². The molecule has 0 atom stereocenters. The van der Waals surface area contributed by atoms with Crippen LogP contribution in [0.15, 0.2) is 0 Å². The molecule has 0 bridgehead atoms. The van der Waals surface area contributed by atoms with Crippen LogP contribution in [0.4, 0.5) is 4.79 Å². The summed E-state index contributed by atoms with van der Waals surface area (Å²) < 4.78 is 32.2. The van der Waals surface area contributed by atoms with Gasteiger partial charge in [0.2, 0.25) is 0 Å². The van der Waals surface area contributed by atoms with Crippen LogP contribution in [-0.2, 0) is 28.4 Å². The van der Waals surface area contributed by atoms with Gasteiger partial charge in [0.1, 0.15) is 5.60 Å². The average Bonchev–Trinajstić information content (AvgIpc) is 2.56. The highest BCUT2D eigenvalue weighted by atomic mass is 16.6. The van der Waals surface area contributed by atoms with Gasteiger partial charge in [-0.25, -0.2) is 4.79 Å². The van der Waals surface area contributed by atoms with Crippen molar-refractivity contribution in [3.05, 3.63) is 0 Å². The summed E-state index contributed by atoms with van der Waals surface area (Å²) in [6.45, 7) is 14.7. The molecular weight excluding hydrogens is 354 g/mol. The monoisotopic (exact) mass is 393 g/mol. The van der Waals surface area contributed by atoms with E-state index in [1.54, 1.807) is 7.05 Å². The van der Waals surface area contributed by atoms with E-state index in [1.807, 2.05) is 34.6 Å². The molecule has 0 rings (SSSR count). The van der Waals surface area contributed by atoms with Gasteiger partial charge in [0.15, 0.2) is 0 Å². The number of ether oxygens (including phenoxy) is 6. The maximum atomic E-state index is 11.7. The van der Waals surface area contributed by atoms with E-state index in [4.69, 9.17) is 28.4 Å². The summed E-state index contributed by atoms with van der Waals surface area (Å²) in [5, 5.41) is 0. The van der Waals surface area contributed by atoms with Crippen LogP contribution < -0.4 is 0 Å². The molecule has 162 valence electrons. The van der Waals surface area contributed by atoms with E-state index in [0.29, 0.717) is 66.0 Å². The summed E-state index contributed by atoms with van der Waals surface area (Å²) >= 11 is 0. The van der Waals surface area contributed by atoms with E-state index in [0.717, 1.165) is 0 Å². The Kier molecular flexibility index (Phi) is 15.5. The van der Waals surface area contributed by atoms with Gasteiger partial charge in [0, 0.05) is 13.6 Å². The molecule has 0 heterocycles. The fourth-order valence-electron chi connectivity index (χ4n) is 1.74. The highest BCUT2D eigenvalue weighted by molar-refractivity contribution is 5.67. The van der Waals surface area contributed by atoms with Crippen molar-refractivity contribution in [2.45, 2.75) is 46.3 Å². The molecule has 0 aromatic heterocycles. The van der Waals surface area contributed by atoms with Crippen molar-refractivity contribution < 1.29 is 33.2 Å². The van der Waals surface area contributed by atoms with Gasteiger partial charge in [0.25, 0.3) is 0 Å². The molecule has 0 aliphatic carbocycles. The number of carbonyl (C=O) groups is 1. The summed E-state index contributed by atoms with van der Waals surface area (Å²) in [4.78, 5) is 13.2. The van der Waals surface area contributed by atoms with Crippen LogP contribution in [0.3, 0.4) is 0 Å². The number of hydrogen-bond acceptors (Lipinski definition) is 7. The Morgan fingerprint density at radius 3 is 1.59 bits per heavy atom. The predicted octanol–water partition coefficient (Wildman–Crippen LogP) is 2.34. The highest BCUT2D eigenvalue weighted by Gasteiger charge is 2.19. The van der Waals surface area contributed by atoms with Gasteiger partial charge < -0.3 is 33.3 Å². The van der Waals surface area contributed by atoms with Crippen LogP contribution in [0.1, 0.15) is 34.6 Å². The molecule has 0 unspecified atom stereocenters. The maximum absolute atomic E-state index is 11.7. The number of nitrogens with zero attached hydrogens (tertiary/aromatic N) is 1. The van der Waals surface area contributed by atoms with Crippen LogP contribution in [0, 0.1) is 0 Å². The molecule has 0 N–H and O–H groups in total. The van der Waals surface area contributed by atoms with Gasteiger partial charge >= 0.3 is 6.09 Å². The van der Waals surface area contributed by atoms with Crippen molar-refractivity contribution in [1.82, 2.24) is 4.90 Å². The molecule has 0 saturated carbocycles. The van der Waals surface area contributed by atoms with Crippen LogP contribution in [0.2, 0.25) is 0 Å². The Hall–Kier alpha value is -0.930. The lowest BCUT2D eigenvalue weighted by Crippen LogP contribution is -2.36. The summed E-state index contributed by atoms with van der Waals surface area (Å²) in [7, 11) is 1.69. The van der Waals surface area contributed by atoms with Gasteiger partial charge in [-0.1, -0.05) is 0 Å². The molecule has 0 radical (unpaired) electrons. The lowest BCUT2D eigenvalue weighted by atomic mass is 10.2. The Bertz CT molecular complexity index is 358. The first-order valence-electron chi connectivity index (χ1n) is 9.59. The van der Waals surface area contributed by atoms with Crippen LogP contribution >= 0.6 is 0 Å². The van der Waals surface area contributed by atoms with E-state index in [2.05, 4.69) is 0 Å². The summed E-state index contributed by atoms with van der Waals surface area (Å²) in [6, 6.07) is 0. The quantitative estimate of drug-likeness (QED) is 0.373. The van der Waals surface area contributed by atoms with Gasteiger partial charge in [-0.15, -0.1) is 0 Å². The fraction of sp³-hybridized carbons (Fsp3) is 0.947. The zero-order valence-electron chi connectivity index (χ0n) is 18.0. The minimum absolute atomic E-state index is 0.233. The van der Waals surface area contributed by atoms with E-state index < -0.39 is 5.60 Å². The van der Waals surface area contributed by atoms with Gasteiger partial charge in [-0.3, -0.25) is 0 Å². The molecule has 1 amide bonds. The summed E-state index contributed by atoms with van der Waals surface area (Å²) in [5.74, 6) is 0. The number of amides is 1. The van der Waals surface area contributed by atoms with Crippen LogP contribution in [-0.4, -0.2) is 95.8 Å². The molecule has 0 aliphatic heterocycles. The summed E-state index contributed by atoms with van der Waals surface area (Å²) in [6.07, 6.45) is -0.118. The van der Waals surface area contributed by atoms with E-state index >= 15 is 0 Å². The molecule has 8 nitrogen and oxygen atoms in total. The zero-order valence-corrected chi connectivity index (χ0v) is 18.0. The average molecular weight is 394 g/mol. The first kappa shape index (κ1) is 26.1. The first-order chi connectivity index (χ1) is 12.7. The Morgan fingerprint density at radius 2 is 1.19 bits per heavy atom. The van der Waals surface area contributed by atoms with Crippen LogP contribution in [0.5, 0.6) is 0 Å². The lowest BCUT2D eigenvalue weighted by Gasteiger charge is -2.24. The van der Waals surface area contributed by atoms with E-state index in [9.17, 15) is 4.79 Å². The van der Waals surface area contributed by atoms with Gasteiger partial charge in [0.05, 0.1) is 65.6 Å². The SMILES string of the molecule is CC(C)OCCOCCOCCOCCOCCN(C)C(=O)OC(C)(C)C. The first-order valence-corrected chi connectivity index (χ1v) is 9.59. The Labute approximate surface area is 164 Å². The number of carbonyl (C=O) groups excluding carboxylic acids is 1. The van der Waals surface area contributed by atoms with Crippen LogP contribution in [0.25, 0.3) is 0 Å². The largest absolute Gasteiger partial charge is 0.444 e. The standard InChI is InChI=1S/C19H39NO7/c1-17(2)26-16-15-25-14-13-24-12-11-23-10-9-22-8-7-20(6)18(21)27-19(3,4)5/h17H,7-16H2,1-6H3. The third-order valence-electron chi connectivity index (χ3n) is 3.07. The molecular formula is C19H39NO7. The molecule has 0 aliphatic rings. The molecule has 0 aromatic carbocycles. The third kappa shape index (κ3) is 19.6.